The van der Waals surface area contributed by atoms with Crippen LogP contribution < -0.4 is 10.6 Å². The molecule has 1 aromatic carbocycles. The Balaban J connectivity index is 3.09. The van der Waals surface area contributed by atoms with Gasteiger partial charge in [0.1, 0.15) is 0 Å². The molecule has 0 saturated heterocycles. The second-order valence-electron chi connectivity index (χ2n) is 5.54. The molecular weight excluding hydrogens is 208 g/mol. The van der Waals surface area contributed by atoms with Crippen LogP contribution in [0.3, 0.4) is 0 Å². The average Bonchev–Trinajstić information content (AvgIpc) is 2.28. The molecule has 17 heavy (non-hydrogen) atoms. The van der Waals surface area contributed by atoms with Crippen molar-refractivity contribution in [2.24, 2.45) is 5.73 Å². The van der Waals surface area contributed by atoms with E-state index in [4.69, 9.17) is 5.73 Å². The Hall–Kier alpha value is -1.02. The predicted octanol–water partition coefficient (Wildman–Crippen LogP) is 3.16. The fourth-order valence-electron chi connectivity index (χ4n) is 2.16. The first kappa shape index (κ1) is 14.0. The summed E-state index contributed by atoms with van der Waals surface area (Å²) in [7, 11) is 0. The van der Waals surface area contributed by atoms with E-state index in [2.05, 4.69) is 56.9 Å². The Morgan fingerprint density at radius 2 is 1.76 bits per heavy atom. The molecular formula is C15H26N2. The minimum atomic E-state index is 0.178. The van der Waals surface area contributed by atoms with E-state index in [0.717, 1.165) is 19.5 Å². The number of hydrogen-bond donors (Lipinski definition) is 1. The van der Waals surface area contributed by atoms with Gasteiger partial charge in [0, 0.05) is 25.3 Å². The molecule has 0 heterocycles. The van der Waals surface area contributed by atoms with Crippen molar-refractivity contribution in [3.05, 3.63) is 29.8 Å². The monoisotopic (exact) mass is 234 g/mol. The molecule has 1 rings (SSSR count). The normalized spacial score (nSPS) is 11.6. The van der Waals surface area contributed by atoms with Crippen LogP contribution in [-0.2, 0) is 5.41 Å². The lowest BCUT2D eigenvalue weighted by Crippen LogP contribution is -2.32. The number of rotatable bonds is 5. The summed E-state index contributed by atoms with van der Waals surface area (Å²) in [4.78, 5) is 2.40. The third-order valence-electron chi connectivity index (χ3n) is 2.95. The lowest BCUT2D eigenvalue weighted by atomic mass is 9.85. The van der Waals surface area contributed by atoms with Crippen molar-refractivity contribution in [1.82, 2.24) is 0 Å². The van der Waals surface area contributed by atoms with Crippen molar-refractivity contribution >= 4 is 5.69 Å². The standard InChI is InChI=1S/C15H26N2/c1-5-11-17(12-10-16)14-9-7-6-8-13(14)15(2,3)4/h6-9H,5,10-12,16H2,1-4H3. The summed E-state index contributed by atoms with van der Waals surface area (Å²) in [6, 6.07) is 8.68. The maximum absolute atomic E-state index is 5.71. The molecule has 0 aromatic heterocycles. The van der Waals surface area contributed by atoms with E-state index < -0.39 is 0 Å². The van der Waals surface area contributed by atoms with Gasteiger partial charge in [0.25, 0.3) is 0 Å². The fourth-order valence-corrected chi connectivity index (χ4v) is 2.16. The number of nitrogens with two attached hydrogens (primary N) is 1. The second kappa shape index (κ2) is 6.06. The van der Waals surface area contributed by atoms with Crippen molar-refractivity contribution in [2.75, 3.05) is 24.5 Å². The molecule has 0 aliphatic rings. The Labute approximate surface area is 106 Å². The van der Waals surface area contributed by atoms with Gasteiger partial charge in [0.2, 0.25) is 0 Å². The minimum absolute atomic E-state index is 0.178. The number of para-hydroxylation sites is 1. The van der Waals surface area contributed by atoms with Crippen molar-refractivity contribution in [2.45, 2.75) is 39.5 Å². The van der Waals surface area contributed by atoms with Crippen LogP contribution in [0.25, 0.3) is 0 Å². The van der Waals surface area contributed by atoms with Crippen LogP contribution in [0.4, 0.5) is 5.69 Å². The van der Waals surface area contributed by atoms with Crippen LogP contribution in [0.5, 0.6) is 0 Å². The first-order valence-electron chi connectivity index (χ1n) is 6.55. The van der Waals surface area contributed by atoms with Crippen molar-refractivity contribution in [1.29, 1.82) is 0 Å². The quantitative estimate of drug-likeness (QED) is 0.848. The Bertz CT molecular complexity index is 333. The molecule has 0 radical (unpaired) electrons. The average molecular weight is 234 g/mol. The van der Waals surface area contributed by atoms with Gasteiger partial charge >= 0.3 is 0 Å². The zero-order chi connectivity index (χ0) is 12.9. The molecule has 1 aromatic rings. The highest BCUT2D eigenvalue weighted by Crippen LogP contribution is 2.31. The third-order valence-corrected chi connectivity index (χ3v) is 2.95. The molecule has 2 N–H and O–H groups in total. The third kappa shape index (κ3) is 3.74. The largest absolute Gasteiger partial charge is 0.370 e. The van der Waals surface area contributed by atoms with Crippen molar-refractivity contribution in [3.8, 4) is 0 Å². The summed E-state index contributed by atoms with van der Waals surface area (Å²) in [6.07, 6.45) is 1.15. The van der Waals surface area contributed by atoms with Gasteiger partial charge in [-0.15, -0.1) is 0 Å². The Kier molecular flexibility index (Phi) is 5.01. The van der Waals surface area contributed by atoms with Crippen LogP contribution in [0.1, 0.15) is 39.7 Å². The molecule has 0 spiro atoms. The van der Waals surface area contributed by atoms with Crippen molar-refractivity contribution < 1.29 is 0 Å². The summed E-state index contributed by atoms with van der Waals surface area (Å²) in [5, 5.41) is 0. The highest BCUT2D eigenvalue weighted by molar-refractivity contribution is 5.56. The SMILES string of the molecule is CCCN(CCN)c1ccccc1C(C)(C)C. The topological polar surface area (TPSA) is 29.3 Å². The van der Waals surface area contributed by atoms with E-state index >= 15 is 0 Å². The molecule has 2 heteroatoms. The number of nitrogens with zero attached hydrogens (tertiary/aromatic N) is 1. The molecule has 0 aliphatic heterocycles. The van der Waals surface area contributed by atoms with E-state index in [1.54, 1.807) is 0 Å². The molecule has 0 saturated carbocycles. The number of hydrogen-bond acceptors (Lipinski definition) is 2. The lowest BCUT2D eigenvalue weighted by molar-refractivity contribution is 0.586. The van der Waals surface area contributed by atoms with E-state index in [9.17, 15) is 0 Å². The van der Waals surface area contributed by atoms with E-state index in [1.165, 1.54) is 11.3 Å². The van der Waals surface area contributed by atoms with Crippen LogP contribution in [-0.4, -0.2) is 19.6 Å². The zero-order valence-electron chi connectivity index (χ0n) is 11.7. The Morgan fingerprint density at radius 3 is 2.29 bits per heavy atom. The van der Waals surface area contributed by atoms with Gasteiger partial charge in [-0.2, -0.15) is 0 Å². The molecule has 0 atom stereocenters. The highest BCUT2D eigenvalue weighted by Gasteiger charge is 2.19. The van der Waals surface area contributed by atoms with Gasteiger partial charge in [-0.3, -0.25) is 0 Å². The fraction of sp³-hybridized carbons (Fsp3) is 0.600. The van der Waals surface area contributed by atoms with Crippen molar-refractivity contribution in [3.63, 3.8) is 0 Å². The lowest BCUT2D eigenvalue weighted by Gasteiger charge is -2.31. The number of anilines is 1. The van der Waals surface area contributed by atoms with Gasteiger partial charge in [-0.05, 0) is 23.5 Å². The molecule has 2 nitrogen and oxygen atoms in total. The highest BCUT2D eigenvalue weighted by atomic mass is 15.1. The van der Waals surface area contributed by atoms with Crippen LogP contribution >= 0.6 is 0 Å². The first-order chi connectivity index (χ1) is 8.00. The van der Waals surface area contributed by atoms with Gasteiger partial charge < -0.3 is 10.6 Å². The van der Waals surface area contributed by atoms with Gasteiger partial charge in [-0.1, -0.05) is 45.9 Å². The van der Waals surface area contributed by atoms with Crippen LogP contribution in [0.2, 0.25) is 0 Å². The van der Waals surface area contributed by atoms with Crippen LogP contribution in [0.15, 0.2) is 24.3 Å². The molecule has 0 unspecified atom stereocenters. The predicted molar refractivity (Wildman–Crippen MR) is 76.7 cm³/mol. The summed E-state index contributed by atoms with van der Waals surface area (Å²) in [5.41, 5.74) is 8.64. The van der Waals surface area contributed by atoms with E-state index in [-0.39, 0.29) is 5.41 Å². The first-order valence-corrected chi connectivity index (χ1v) is 6.55. The van der Waals surface area contributed by atoms with Gasteiger partial charge in [0.05, 0.1) is 0 Å². The van der Waals surface area contributed by atoms with E-state index in [1.807, 2.05) is 0 Å². The second-order valence-corrected chi connectivity index (χ2v) is 5.54. The smallest absolute Gasteiger partial charge is 0.0404 e. The van der Waals surface area contributed by atoms with Crippen LogP contribution in [0, 0.1) is 0 Å². The molecule has 0 fully saturated rings. The molecule has 0 bridgehead atoms. The maximum Gasteiger partial charge on any atom is 0.0404 e. The Morgan fingerprint density at radius 1 is 1.12 bits per heavy atom. The van der Waals surface area contributed by atoms with E-state index in [0.29, 0.717) is 6.54 Å². The minimum Gasteiger partial charge on any atom is -0.370 e. The summed E-state index contributed by atoms with van der Waals surface area (Å²) >= 11 is 0. The summed E-state index contributed by atoms with van der Waals surface area (Å²) in [5.74, 6) is 0. The maximum atomic E-state index is 5.71. The summed E-state index contributed by atoms with van der Waals surface area (Å²) in [6.45, 7) is 11.7. The van der Waals surface area contributed by atoms with Gasteiger partial charge in [-0.25, -0.2) is 0 Å². The zero-order valence-corrected chi connectivity index (χ0v) is 11.7. The molecule has 0 aliphatic carbocycles. The number of benzene rings is 1. The van der Waals surface area contributed by atoms with Gasteiger partial charge in [0.15, 0.2) is 0 Å². The molecule has 0 amide bonds. The summed E-state index contributed by atoms with van der Waals surface area (Å²) < 4.78 is 0. The molecule has 96 valence electrons.